The molecule has 23 heavy (non-hydrogen) atoms. The van der Waals surface area contributed by atoms with Gasteiger partial charge in [0.25, 0.3) is 0 Å². The van der Waals surface area contributed by atoms with Crippen molar-refractivity contribution in [2.75, 3.05) is 13.1 Å². The molecule has 0 spiro atoms. The van der Waals surface area contributed by atoms with Gasteiger partial charge in [0.15, 0.2) is 0 Å². The minimum Gasteiger partial charge on any atom is -0.351 e. The Bertz CT molecular complexity index is 693. The zero-order valence-corrected chi connectivity index (χ0v) is 14.0. The quantitative estimate of drug-likeness (QED) is 0.932. The summed E-state index contributed by atoms with van der Waals surface area (Å²) in [5, 5.41) is 3.10. The summed E-state index contributed by atoms with van der Waals surface area (Å²) in [7, 11) is 2.04. The second-order valence-corrected chi connectivity index (χ2v) is 6.38. The van der Waals surface area contributed by atoms with Crippen LogP contribution in [0.4, 0.5) is 0 Å². The number of carbonyl (C=O) groups is 1. The lowest BCUT2D eigenvalue weighted by Crippen LogP contribution is -2.54. The van der Waals surface area contributed by atoms with Crippen molar-refractivity contribution in [3.63, 3.8) is 0 Å². The van der Waals surface area contributed by atoms with Crippen molar-refractivity contribution in [1.29, 1.82) is 0 Å². The van der Waals surface area contributed by atoms with Crippen LogP contribution in [0.5, 0.6) is 0 Å². The fourth-order valence-electron chi connectivity index (χ4n) is 3.16. The van der Waals surface area contributed by atoms with Crippen LogP contribution in [0, 0.1) is 13.8 Å². The lowest BCUT2D eigenvalue weighted by molar-refractivity contribution is -0.125. The van der Waals surface area contributed by atoms with E-state index in [4.69, 9.17) is 0 Å². The molecule has 3 rings (SSSR count). The summed E-state index contributed by atoms with van der Waals surface area (Å²) in [6.07, 6.45) is 0.863. The van der Waals surface area contributed by atoms with E-state index in [0.717, 1.165) is 24.5 Å². The zero-order chi connectivity index (χ0) is 16.4. The molecule has 0 unspecified atom stereocenters. The van der Waals surface area contributed by atoms with Gasteiger partial charge in [0.2, 0.25) is 5.91 Å². The van der Waals surface area contributed by atoms with Crippen LogP contribution >= 0.6 is 0 Å². The Labute approximate surface area is 137 Å². The van der Waals surface area contributed by atoms with Gasteiger partial charge in [-0.15, -0.1) is 0 Å². The normalized spacial score (nSPS) is 18.9. The van der Waals surface area contributed by atoms with Gasteiger partial charge in [0.05, 0.1) is 18.8 Å². The van der Waals surface area contributed by atoms with Crippen LogP contribution in [0.25, 0.3) is 0 Å². The van der Waals surface area contributed by atoms with Gasteiger partial charge in [0, 0.05) is 25.3 Å². The number of imidazole rings is 1. The minimum absolute atomic E-state index is 0.0971. The van der Waals surface area contributed by atoms with E-state index >= 15 is 0 Å². The monoisotopic (exact) mass is 312 g/mol. The maximum atomic E-state index is 12.0. The third kappa shape index (κ3) is 3.62. The predicted octanol–water partition coefficient (Wildman–Crippen LogP) is 1.58. The smallest absolute Gasteiger partial charge is 0.234 e. The number of nitrogens with one attached hydrogen (secondary N) is 1. The number of rotatable bonds is 4. The number of benzene rings is 1. The van der Waals surface area contributed by atoms with Gasteiger partial charge in [-0.3, -0.25) is 9.69 Å². The third-order valence-electron chi connectivity index (χ3n) is 4.61. The Morgan fingerprint density at radius 2 is 2.00 bits per heavy atom. The van der Waals surface area contributed by atoms with Crippen molar-refractivity contribution in [3.8, 4) is 0 Å². The Hall–Kier alpha value is -2.14. The number of nitrogens with zero attached hydrogens (tertiary/aromatic N) is 3. The first-order valence-corrected chi connectivity index (χ1v) is 8.07. The lowest BCUT2D eigenvalue weighted by Gasteiger charge is -2.32. The highest BCUT2D eigenvalue weighted by molar-refractivity contribution is 5.79. The first kappa shape index (κ1) is 15.7. The first-order chi connectivity index (χ1) is 11.0. The zero-order valence-electron chi connectivity index (χ0n) is 14.0. The molecule has 1 N–H and O–H groups in total. The highest BCUT2D eigenvalue weighted by Gasteiger charge is 2.25. The fourth-order valence-corrected chi connectivity index (χ4v) is 3.16. The molecular formula is C18H24N4O. The molecule has 2 heterocycles. The van der Waals surface area contributed by atoms with Crippen LogP contribution in [0.2, 0.25) is 0 Å². The molecule has 1 saturated heterocycles. The number of aryl methyl sites for hydroxylation is 1. The van der Waals surface area contributed by atoms with Gasteiger partial charge in [-0.1, -0.05) is 30.3 Å². The van der Waals surface area contributed by atoms with Crippen LogP contribution in [0.15, 0.2) is 30.3 Å². The molecule has 0 radical (unpaired) electrons. The summed E-state index contributed by atoms with van der Waals surface area (Å²) in [6.45, 7) is 6.11. The van der Waals surface area contributed by atoms with E-state index in [0.29, 0.717) is 13.1 Å². The highest BCUT2D eigenvalue weighted by atomic mass is 16.2. The number of hydrogen-bond donors (Lipinski definition) is 1. The molecule has 0 aliphatic carbocycles. The van der Waals surface area contributed by atoms with Gasteiger partial charge < -0.3 is 9.88 Å². The molecule has 1 fully saturated rings. The molecule has 1 atom stereocenters. The van der Waals surface area contributed by atoms with Crippen molar-refractivity contribution in [2.45, 2.75) is 32.9 Å². The summed E-state index contributed by atoms with van der Waals surface area (Å²) in [5.41, 5.74) is 3.50. The first-order valence-electron chi connectivity index (χ1n) is 8.07. The molecule has 1 amide bonds. The molecule has 1 aromatic carbocycles. The number of aromatic nitrogens is 2. The van der Waals surface area contributed by atoms with Crippen LogP contribution < -0.4 is 5.32 Å². The van der Waals surface area contributed by atoms with Gasteiger partial charge in [-0.2, -0.15) is 0 Å². The van der Waals surface area contributed by atoms with Crippen LogP contribution in [-0.2, 0) is 24.8 Å². The van der Waals surface area contributed by atoms with Crippen molar-refractivity contribution in [3.05, 3.63) is 53.1 Å². The number of hydrogen-bond acceptors (Lipinski definition) is 3. The predicted molar refractivity (Wildman–Crippen MR) is 90.0 cm³/mol. The van der Waals surface area contributed by atoms with Gasteiger partial charge in [-0.25, -0.2) is 4.98 Å². The maximum absolute atomic E-state index is 12.0. The van der Waals surface area contributed by atoms with E-state index in [2.05, 4.69) is 38.8 Å². The molecule has 5 nitrogen and oxygen atoms in total. The number of amides is 1. The van der Waals surface area contributed by atoms with Crippen molar-refractivity contribution < 1.29 is 4.79 Å². The Morgan fingerprint density at radius 3 is 2.65 bits per heavy atom. The topological polar surface area (TPSA) is 50.2 Å². The largest absolute Gasteiger partial charge is 0.351 e. The maximum Gasteiger partial charge on any atom is 0.234 e. The third-order valence-corrected chi connectivity index (χ3v) is 4.61. The fraction of sp³-hybridized carbons (Fsp3) is 0.444. The van der Waals surface area contributed by atoms with E-state index in [1.165, 1.54) is 11.3 Å². The SMILES string of the molecule is Cc1nc(CN2CC(=O)N[C@@H](Cc3ccccc3)C2)n(C)c1C. The molecular weight excluding hydrogens is 288 g/mol. The lowest BCUT2D eigenvalue weighted by atomic mass is 10.0. The van der Waals surface area contributed by atoms with E-state index in [9.17, 15) is 4.79 Å². The second kappa shape index (κ2) is 6.54. The molecule has 122 valence electrons. The average molecular weight is 312 g/mol. The average Bonchev–Trinajstić information content (AvgIpc) is 2.75. The molecule has 1 aromatic heterocycles. The number of piperazine rings is 1. The second-order valence-electron chi connectivity index (χ2n) is 6.38. The molecule has 1 aliphatic heterocycles. The Balaban J connectivity index is 1.68. The summed E-state index contributed by atoms with van der Waals surface area (Å²) in [6, 6.07) is 10.5. The molecule has 0 bridgehead atoms. The van der Waals surface area contributed by atoms with Gasteiger partial charge >= 0.3 is 0 Å². The van der Waals surface area contributed by atoms with E-state index in [-0.39, 0.29) is 11.9 Å². The molecule has 1 aliphatic rings. The standard InChI is InChI=1S/C18H24N4O/c1-13-14(2)21(3)17(19-13)11-22-10-16(20-18(23)12-22)9-15-7-5-4-6-8-15/h4-8,16H,9-12H2,1-3H3,(H,20,23)/t16-/m0/s1. The molecule has 2 aromatic rings. The summed E-state index contributed by atoms with van der Waals surface area (Å²) in [4.78, 5) is 18.9. The number of carbonyl (C=O) groups excluding carboxylic acids is 1. The minimum atomic E-state index is 0.0971. The van der Waals surface area contributed by atoms with Crippen molar-refractivity contribution in [1.82, 2.24) is 19.8 Å². The van der Waals surface area contributed by atoms with Crippen LogP contribution in [0.1, 0.15) is 22.8 Å². The van der Waals surface area contributed by atoms with E-state index in [1.807, 2.05) is 32.2 Å². The summed E-state index contributed by atoms with van der Waals surface area (Å²) >= 11 is 0. The molecule has 0 saturated carbocycles. The Morgan fingerprint density at radius 1 is 1.26 bits per heavy atom. The van der Waals surface area contributed by atoms with E-state index in [1.54, 1.807) is 0 Å². The van der Waals surface area contributed by atoms with Crippen molar-refractivity contribution >= 4 is 5.91 Å². The van der Waals surface area contributed by atoms with Gasteiger partial charge in [0.1, 0.15) is 5.82 Å². The summed E-state index contributed by atoms with van der Waals surface area (Å²) in [5.74, 6) is 1.12. The highest BCUT2D eigenvalue weighted by Crippen LogP contribution is 2.13. The van der Waals surface area contributed by atoms with Crippen LogP contribution in [0.3, 0.4) is 0 Å². The van der Waals surface area contributed by atoms with Crippen molar-refractivity contribution in [2.24, 2.45) is 7.05 Å². The summed E-state index contributed by atoms with van der Waals surface area (Å²) < 4.78 is 2.12. The molecule has 5 heteroatoms. The van der Waals surface area contributed by atoms with Crippen LogP contribution in [-0.4, -0.2) is 39.5 Å². The van der Waals surface area contributed by atoms with Gasteiger partial charge in [-0.05, 0) is 25.8 Å². The van der Waals surface area contributed by atoms with E-state index < -0.39 is 0 Å². The Kier molecular flexibility index (Phi) is 4.48.